The Morgan fingerprint density at radius 3 is 2.85 bits per heavy atom. The average Bonchev–Trinajstić information content (AvgIpc) is 3.41. The lowest BCUT2D eigenvalue weighted by atomic mass is 10.1. The van der Waals surface area contributed by atoms with Crippen LogP contribution < -0.4 is 10.9 Å². The topological polar surface area (TPSA) is 106 Å². The largest absolute Gasteiger partial charge is 0.465 e. The molecule has 1 aromatic rings. The molecule has 4 rings (SSSR count). The quantitative estimate of drug-likeness (QED) is 0.689. The zero-order chi connectivity index (χ0) is 18.3. The van der Waals surface area contributed by atoms with Gasteiger partial charge in [0.1, 0.15) is 11.3 Å². The molecule has 26 heavy (non-hydrogen) atoms. The number of nitrogens with zero attached hydrogens (tertiary/aromatic N) is 2. The number of carbonyl (C=O) groups excluding carboxylic acids is 2. The average molecular weight is 352 g/mol. The fourth-order valence-electron chi connectivity index (χ4n) is 2.75. The van der Waals surface area contributed by atoms with E-state index in [4.69, 9.17) is 4.74 Å². The Kier molecular flexibility index (Phi) is 3.80. The fourth-order valence-corrected chi connectivity index (χ4v) is 2.75. The van der Waals surface area contributed by atoms with E-state index in [9.17, 15) is 14.4 Å². The van der Waals surface area contributed by atoms with Gasteiger partial charge >= 0.3 is 5.97 Å². The Bertz CT molecular complexity index is 1030. The van der Waals surface area contributed by atoms with Crippen molar-refractivity contribution in [3.05, 3.63) is 58.1 Å². The minimum absolute atomic E-state index is 0.142. The van der Waals surface area contributed by atoms with Crippen molar-refractivity contribution in [2.24, 2.45) is 0 Å². The predicted molar refractivity (Wildman–Crippen MR) is 92.6 cm³/mol. The first kappa shape index (κ1) is 16.1. The van der Waals surface area contributed by atoms with E-state index in [0.717, 1.165) is 12.8 Å². The summed E-state index contributed by atoms with van der Waals surface area (Å²) in [4.78, 5) is 36.3. The second kappa shape index (κ2) is 6.14. The molecule has 8 nitrogen and oxygen atoms in total. The molecule has 132 valence electrons. The summed E-state index contributed by atoms with van der Waals surface area (Å²) < 4.78 is 6.40. The van der Waals surface area contributed by atoms with Gasteiger partial charge in [-0.1, -0.05) is 6.07 Å². The van der Waals surface area contributed by atoms with Crippen molar-refractivity contribution < 1.29 is 14.3 Å². The second-order valence-electron chi connectivity index (χ2n) is 6.18. The van der Waals surface area contributed by atoms with Gasteiger partial charge in [0.15, 0.2) is 0 Å². The number of hydrogen-bond acceptors (Lipinski definition) is 5. The number of methoxy groups -OCH3 is 1. The maximum atomic E-state index is 12.3. The first-order valence-corrected chi connectivity index (χ1v) is 8.17. The van der Waals surface area contributed by atoms with Crippen molar-refractivity contribution in [1.82, 2.24) is 20.1 Å². The minimum Gasteiger partial charge on any atom is -0.465 e. The van der Waals surface area contributed by atoms with Gasteiger partial charge in [-0.15, -0.1) is 0 Å². The highest BCUT2D eigenvalue weighted by molar-refractivity contribution is 5.96. The van der Waals surface area contributed by atoms with Crippen molar-refractivity contribution in [3.63, 3.8) is 0 Å². The van der Waals surface area contributed by atoms with Crippen LogP contribution in [-0.2, 0) is 4.74 Å². The number of carbonyl (C=O) groups is 2. The molecule has 0 atom stereocenters. The van der Waals surface area contributed by atoms with Crippen LogP contribution in [0.25, 0.3) is 16.9 Å². The van der Waals surface area contributed by atoms with Gasteiger partial charge in [0.05, 0.1) is 12.7 Å². The number of amides is 1. The van der Waals surface area contributed by atoms with E-state index in [1.165, 1.54) is 13.3 Å². The minimum atomic E-state index is -0.599. The molecule has 2 heterocycles. The lowest BCUT2D eigenvalue weighted by Gasteiger charge is -2.13. The number of fused-ring (bicyclic) bond motifs is 1. The van der Waals surface area contributed by atoms with E-state index < -0.39 is 11.5 Å². The number of rotatable bonds is 4. The van der Waals surface area contributed by atoms with Gasteiger partial charge in [-0.2, -0.15) is 5.10 Å². The molecule has 0 saturated heterocycles. The van der Waals surface area contributed by atoms with Crippen LogP contribution in [0.15, 0.2) is 41.5 Å². The highest BCUT2D eigenvalue weighted by atomic mass is 16.5. The molecular formula is C18H16N4O4. The normalized spacial score (nSPS) is 13.6. The van der Waals surface area contributed by atoms with Gasteiger partial charge in [0.2, 0.25) is 0 Å². The van der Waals surface area contributed by atoms with Crippen LogP contribution >= 0.6 is 0 Å². The summed E-state index contributed by atoms with van der Waals surface area (Å²) in [5.41, 5.74) is 1.43. The lowest BCUT2D eigenvalue weighted by molar-refractivity contribution is 0.0600. The zero-order valence-corrected chi connectivity index (χ0v) is 14.0. The predicted octanol–water partition coefficient (Wildman–Crippen LogP) is 1.34. The SMILES string of the molecule is COC(=O)c1cn(-c2cccc(C(=O)NC3CC3)c2)cc2c(=O)[nH]nc1-2. The van der Waals surface area contributed by atoms with E-state index >= 15 is 0 Å². The van der Waals surface area contributed by atoms with E-state index in [1.54, 1.807) is 35.0 Å². The Morgan fingerprint density at radius 1 is 1.31 bits per heavy atom. The Morgan fingerprint density at radius 2 is 2.12 bits per heavy atom. The number of ether oxygens (including phenoxy) is 1. The molecule has 0 bridgehead atoms. The van der Waals surface area contributed by atoms with Crippen molar-refractivity contribution in [2.45, 2.75) is 18.9 Å². The summed E-state index contributed by atoms with van der Waals surface area (Å²) >= 11 is 0. The Hall–Kier alpha value is -3.42. The number of aromatic nitrogens is 3. The Labute approximate surface area is 148 Å². The number of pyridine rings is 1. The summed E-state index contributed by atoms with van der Waals surface area (Å²) in [6.45, 7) is 0. The zero-order valence-electron chi connectivity index (χ0n) is 14.0. The molecular weight excluding hydrogens is 336 g/mol. The number of benzene rings is 1. The van der Waals surface area contributed by atoms with E-state index in [1.807, 2.05) is 0 Å². The maximum absolute atomic E-state index is 12.3. The molecule has 0 radical (unpaired) electrons. The summed E-state index contributed by atoms with van der Waals surface area (Å²) in [6.07, 6.45) is 5.12. The lowest BCUT2D eigenvalue weighted by Crippen LogP contribution is -2.25. The summed E-state index contributed by atoms with van der Waals surface area (Å²) in [5, 5.41) is 9.17. The van der Waals surface area contributed by atoms with Gasteiger partial charge in [0.25, 0.3) is 11.5 Å². The van der Waals surface area contributed by atoms with Crippen LogP contribution in [0.2, 0.25) is 0 Å². The van der Waals surface area contributed by atoms with Gasteiger partial charge in [-0.05, 0) is 31.0 Å². The van der Waals surface area contributed by atoms with Gasteiger partial charge in [-0.3, -0.25) is 9.59 Å². The fraction of sp³-hybridized carbons (Fsp3) is 0.222. The molecule has 0 spiro atoms. The standard InChI is InChI=1S/C18H16N4O4/c1-26-18(25)14-9-22(8-13-15(14)20-21-17(13)24)12-4-2-3-10(7-12)16(23)19-11-5-6-11/h2-4,7-9,11H,5-6H2,1H3,(H,19,23)(H,21,24). The van der Waals surface area contributed by atoms with Crippen molar-refractivity contribution in [3.8, 4) is 16.9 Å². The van der Waals surface area contributed by atoms with E-state index in [2.05, 4.69) is 15.5 Å². The van der Waals surface area contributed by atoms with Crippen LogP contribution in [0.5, 0.6) is 0 Å². The van der Waals surface area contributed by atoms with Crippen molar-refractivity contribution in [2.75, 3.05) is 7.11 Å². The van der Waals surface area contributed by atoms with E-state index in [0.29, 0.717) is 11.3 Å². The summed E-state index contributed by atoms with van der Waals surface area (Å²) in [7, 11) is 1.26. The molecule has 2 aliphatic heterocycles. The van der Waals surface area contributed by atoms with Gasteiger partial charge in [0, 0.05) is 29.7 Å². The molecule has 8 heteroatoms. The molecule has 1 aliphatic carbocycles. The van der Waals surface area contributed by atoms with Crippen molar-refractivity contribution >= 4 is 11.9 Å². The third-order valence-corrected chi connectivity index (χ3v) is 4.28. The molecule has 0 aromatic heterocycles. The molecule has 1 fully saturated rings. The highest BCUT2D eigenvalue weighted by Crippen LogP contribution is 2.24. The monoisotopic (exact) mass is 352 g/mol. The number of H-pyrrole nitrogens is 1. The molecule has 2 N–H and O–H groups in total. The van der Waals surface area contributed by atoms with Gasteiger partial charge in [-0.25, -0.2) is 9.89 Å². The van der Waals surface area contributed by atoms with Crippen molar-refractivity contribution in [1.29, 1.82) is 0 Å². The van der Waals surface area contributed by atoms with Crippen LogP contribution in [0.4, 0.5) is 0 Å². The highest BCUT2D eigenvalue weighted by Gasteiger charge is 2.24. The van der Waals surface area contributed by atoms with Crippen LogP contribution in [0.1, 0.15) is 33.6 Å². The Balaban J connectivity index is 1.80. The molecule has 1 saturated carbocycles. The first-order chi connectivity index (χ1) is 12.6. The number of esters is 1. The number of nitrogens with one attached hydrogen (secondary N) is 2. The molecule has 1 amide bonds. The van der Waals surface area contributed by atoms with Crippen LogP contribution in [0.3, 0.4) is 0 Å². The molecule has 0 unspecified atom stereocenters. The molecule has 3 aliphatic rings. The third kappa shape index (κ3) is 2.85. The number of aromatic amines is 1. The third-order valence-electron chi connectivity index (χ3n) is 4.28. The maximum Gasteiger partial charge on any atom is 0.341 e. The second-order valence-corrected chi connectivity index (χ2v) is 6.18. The smallest absolute Gasteiger partial charge is 0.341 e. The molecule has 1 aromatic carbocycles. The van der Waals surface area contributed by atoms with E-state index in [-0.39, 0.29) is 28.8 Å². The summed E-state index contributed by atoms with van der Waals surface area (Å²) in [5.74, 6) is -0.740. The summed E-state index contributed by atoms with van der Waals surface area (Å²) in [6, 6.07) is 7.22. The van der Waals surface area contributed by atoms with Gasteiger partial charge < -0.3 is 14.6 Å². The first-order valence-electron chi connectivity index (χ1n) is 8.17. The number of hydrogen-bond donors (Lipinski definition) is 2. The van der Waals surface area contributed by atoms with Crippen LogP contribution in [-0.4, -0.2) is 39.8 Å². The van der Waals surface area contributed by atoms with Crippen LogP contribution in [0, 0.1) is 0 Å².